The Morgan fingerprint density at radius 1 is 1.03 bits per heavy atom. The third-order valence-electron chi connectivity index (χ3n) is 3.98. The van der Waals surface area contributed by atoms with E-state index in [0.717, 1.165) is 23.2 Å². The molecule has 152 valence electrons. The number of hydrogen-bond acceptors (Lipinski definition) is 7. The SMILES string of the molecule is O=C(OCCN1C(=O)c2ccccc2C1=O)c1cccnc1S(=O)(=O)C(F)(F)F. The van der Waals surface area contributed by atoms with Crippen molar-refractivity contribution in [1.29, 1.82) is 0 Å². The first-order valence-electron chi connectivity index (χ1n) is 7.94. The summed E-state index contributed by atoms with van der Waals surface area (Å²) in [4.78, 5) is 40.5. The molecular weight excluding hydrogens is 417 g/mol. The zero-order chi connectivity index (χ0) is 21.4. The van der Waals surface area contributed by atoms with E-state index in [-0.39, 0.29) is 17.7 Å². The average molecular weight is 428 g/mol. The molecule has 0 atom stereocenters. The van der Waals surface area contributed by atoms with Gasteiger partial charge in [-0.15, -0.1) is 0 Å². The van der Waals surface area contributed by atoms with E-state index in [1.54, 1.807) is 12.1 Å². The summed E-state index contributed by atoms with van der Waals surface area (Å²) in [7, 11) is -5.88. The van der Waals surface area contributed by atoms with Crippen molar-refractivity contribution in [3.05, 3.63) is 59.3 Å². The highest BCUT2D eigenvalue weighted by Crippen LogP contribution is 2.31. The van der Waals surface area contributed by atoms with E-state index in [9.17, 15) is 36.0 Å². The standard InChI is InChI=1S/C17H11F3N2O6S/c18-17(19,20)29(26,27)13-12(6-3-7-21-13)16(25)28-9-8-22-14(23)10-4-1-2-5-11(10)15(22)24/h1-7H,8-9H2. The van der Waals surface area contributed by atoms with Crippen LogP contribution < -0.4 is 0 Å². The number of imide groups is 1. The van der Waals surface area contributed by atoms with E-state index in [1.807, 2.05) is 0 Å². The van der Waals surface area contributed by atoms with Gasteiger partial charge < -0.3 is 4.74 Å². The number of aromatic nitrogens is 1. The highest BCUT2D eigenvalue weighted by atomic mass is 32.2. The molecule has 2 heterocycles. The minimum absolute atomic E-state index is 0.176. The number of carbonyl (C=O) groups is 3. The minimum atomic E-state index is -5.88. The number of carbonyl (C=O) groups excluding carboxylic acids is 3. The molecule has 12 heteroatoms. The van der Waals surface area contributed by atoms with E-state index >= 15 is 0 Å². The van der Waals surface area contributed by atoms with Gasteiger partial charge in [0.1, 0.15) is 6.61 Å². The number of ether oxygens (including phenoxy) is 1. The largest absolute Gasteiger partial charge is 0.503 e. The van der Waals surface area contributed by atoms with Crippen LogP contribution in [0.1, 0.15) is 31.1 Å². The first kappa shape index (κ1) is 20.5. The molecule has 1 aliphatic rings. The van der Waals surface area contributed by atoms with Gasteiger partial charge in [0.2, 0.25) is 0 Å². The lowest BCUT2D eigenvalue weighted by molar-refractivity contribution is -0.0438. The molecule has 2 aromatic rings. The molecule has 0 N–H and O–H groups in total. The lowest BCUT2D eigenvalue weighted by Gasteiger charge is -2.14. The lowest BCUT2D eigenvalue weighted by atomic mass is 10.1. The zero-order valence-corrected chi connectivity index (χ0v) is 15.2. The minimum Gasteiger partial charge on any atom is -0.460 e. The summed E-state index contributed by atoms with van der Waals surface area (Å²) >= 11 is 0. The average Bonchev–Trinajstić information content (AvgIpc) is 2.92. The molecule has 0 saturated heterocycles. The molecule has 29 heavy (non-hydrogen) atoms. The van der Waals surface area contributed by atoms with Crippen molar-refractivity contribution >= 4 is 27.6 Å². The van der Waals surface area contributed by atoms with E-state index in [1.165, 1.54) is 12.1 Å². The van der Waals surface area contributed by atoms with Crippen LogP contribution in [0.15, 0.2) is 47.6 Å². The summed E-state index contributed by atoms with van der Waals surface area (Å²) in [5, 5.41) is -1.49. The van der Waals surface area contributed by atoms with Crippen LogP contribution in [0, 0.1) is 0 Å². The predicted octanol–water partition coefficient (Wildman–Crippen LogP) is 1.83. The fourth-order valence-corrected chi connectivity index (χ4v) is 3.48. The van der Waals surface area contributed by atoms with Crippen LogP contribution in [0.25, 0.3) is 0 Å². The third-order valence-corrected chi connectivity index (χ3v) is 5.42. The number of hydrogen-bond donors (Lipinski definition) is 0. The van der Waals surface area contributed by atoms with Crippen molar-refractivity contribution in [1.82, 2.24) is 9.88 Å². The van der Waals surface area contributed by atoms with Crippen LogP contribution in [-0.4, -0.2) is 54.7 Å². The number of sulfone groups is 1. The van der Waals surface area contributed by atoms with Crippen LogP contribution in [0.3, 0.4) is 0 Å². The Balaban J connectivity index is 1.72. The fraction of sp³-hybridized carbons (Fsp3) is 0.176. The number of alkyl halides is 3. The number of pyridine rings is 1. The summed E-state index contributed by atoms with van der Waals surface area (Å²) < 4.78 is 66.3. The number of amides is 2. The van der Waals surface area contributed by atoms with Crippen molar-refractivity contribution in [2.45, 2.75) is 10.5 Å². The number of benzene rings is 1. The maximum atomic E-state index is 12.8. The molecule has 8 nitrogen and oxygen atoms in total. The van der Waals surface area contributed by atoms with Gasteiger partial charge in [-0.25, -0.2) is 18.2 Å². The third kappa shape index (κ3) is 3.58. The second-order valence-corrected chi connectivity index (χ2v) is 7.61. The summed E-state index contributed by atoms with van der Waals surface area (Å²) in [5.41, 5.74) is -6.22. The van der Waals surface area contributed by atoms with Gasteiger partial charge >= 0.3 is 11.5 Å². The van der Waals surface area contributed by atoms with Gasteiger partial charge in [-0.05, 0) is 24.3 Å². The summed E-state index contributed by atoms with van der Waals surface area (Å²) in [6.07, 6.45) is 0.786. The van der Waals surface area contributed by atoms with E-state index in [2.05, 4.69) is 4.98 Å². The van der Waals surface area contributed by atoms with E-state index in [0.29, 0.717) is 0 Å². The molecular formula is C17H11F3N2O6S. The number of rotatable bonds is 5. The zero-order valence-electron chi connectivity index (χ0n) is 14.3. The molecule has 2 amide bonds. The summed E-state index contributed by atoms with van der Waals surface area (Å²) in [6.45, 7) is -0.912. The Labute approximate surface area is 161 Å². The normalized spacial score (nSPS) is 14.1. The van der Waals surface area contributed by atoms with Crippen LogP contribution in [0.4, 0.5) is 13.2 Å². The Bertz CT molecular complexity index is 1080. The first-order chi connectivity index (χ1) is 13.6. The Hall–Kier alpha value is -3.28. The molecule has 0 bridgehead atoms. The maximum Gasteiger partial charge on any atom is 0.503 e. The highest BCUT2D eigenvalue weighted by Gasteiger charge is 2.49. The lowest BCUT2D eigenvalue weighted by Crippen LogP contribution is -2.33. The summed E-state index contributed by atoms with van der Waals surface area (Å²) in [5.74, 6) is -2.61. The summed E-state index contributed by atoms with van der Waals surface area (Å²) in [6, 6.07) is 7.92. The monoisotopic (exact) mass is 428 g/mol. The predicted molar refractivity (Wildman–Crippen MR) is 89.6 cm³/mol. The van der Waals surface area contributed by atoms with E-state index in [4.69, 9.17) is 4.74 Å². The molecule has 1 aromatic heterocycles. The van der Waals surface area contributed by atoms with Gasteiger partial charge in [-0.3, -0.25) is 14.5 Å². The second kappa shape index (κ2) is 7.28. The molecule has 1 aromatic carbocycles. The van der Waals surface area contributed by atoms with Crippen molar-refractivity contribution in [3.63, 3.8) is 0 Å². The smallest absolute Gasteiger partial charge is 0.460 e. The molecule has 0 fully saturated rings. The quantitative estimate of drug-likeness (QED) is 0.528. The molecule has 0 aliphatic carbocycles. The molecule has 0 radical (unpaired) electrons. The van der Waals surface area contributed by atoms with Crippen molar-refractivity contribution in [2.75, 3.05) is 13.2 Å². The van der Waals surface area contributed by atoms with Crippen molar-refractivity contribution < 1.29 is 40.7 Å². The fourth-order valence-electron chi connectivity index (χ4n) is 2.62. The van der Waals surface area contributed by atoms with Crippen LogP contribution in [0.5, 0.6) is 0 Å². The highest BCUT2D eigenvalue weighted by molar-refractivity contribution is 7.92. The molecule has 0 unspecified atom stereocenters. The van der Waals surface area contributed by atoms with Crippen LogP contribution in [-0.2, 0) is 14.6 Å². The van der Waals surface area contributed by atoms with Crippen molar-refractivity contribution in [3.8, 4) is 0 Å². The van der Waals surface area contributed by atoms with E-state index < -0.39 is 50.3 Å². The molecule has 0 saturated carbocycles. The van der Waals surface area contributed by atoms with Crippen LogP contribution in [0.2, 0.25) is 0 Å². The first-order valence-corrected chi connectivity index (χ1v) is 9.42. The topological polar surface area (TPSA) is 111 Å². The van der Waals surface area contributed by atoms with Gasteiger partial charge in [0, 0.05) is 6.20 Å². The molecule has 3 rings (SSSR count). The Kier molecular flexibility index (Phi) is 5.13. The Morgan fingerprint density at radius 3 is 2.17 bits per heavy atom. The van der Waals surface area contributed by atoms with Gasteiger partial charge in [-0.1, -0.05) is 12.1 Å². The number of halogens is 3. The van der Waals surface area contributed by atoms with Crippen molar-refractivity contribution in [2.24, 2.45) is 0 Å². The number of fused-ring (bicyclic) bond motifs is 1. The van der Waals surface area contributed by atoms with Gasteiger partial charge in [0.15, 0.2) is 5.03 Å². The van der Waals surface area contributed by atoms with Gasteiger partial charge in [0.25, 0.3) is 21.7 Å². The molecule has 1 aliphatic heterocycles. The van der Waals surface area contributed by atoms with Gasteiger partial charge in [-0.2, -0.15) is 13.2 Å². The number of esters is 1. The number of nitrogens with zero attached hydrogens (tertiary/aromatic N) is 2. The van der Waals surface area contributed by atoms with Crippen LogP contribution >= 0.6 is 0 Å². The van der Waals surface area contributed by atoms with Gasteiger partial charge in [0.05, 0.1) is 23.2 Å². The maximum absolute atomic E-state index is 12.8. The second-order valence-electron chi connectivity index (χ2n) is 5.75. The molecule has 0 spiro atoms. The Morgan fingerprint density at radius 2 is 1.62 bits per heavy atom.